The molecule has 2 aliphatic rings. The van der Waals surface area contributed by atoms with Crippen LogP contribution in [0.4, 0.5) is 4.79 Å². The Bertz CT molecular complexity index is 220. The van der Waals surface area contributed by atoms with E-state index in [9.17, 15) is 9.59 Å². The monoisotopic (exact) mass is 155 g/mol. The minimum Gasteiger partial charge on any atom is -0.465 e. The zero-order chi connectivity index (χ0) is 8.06. The van der Waals surface area contributed by atoms with Gasteiger partial charge in [-0.15, -0.1) is 0 Å². The van der Waals surface area contributed by atoms with Gasteiger partial charge in [-0.3, -0.25) is 4.79 Å². The molecule has 1 N–H and O–H groups in total. The van der Waals surface area contributed by atoms with Crippen molar-refractivity contribution in [3.8, 4) is 0 Å². The third-order valence-electron chi connectivity index (χ3n) is 2.47. The molecule has 11 heavy (non-hydrogen) atoms. The van der Waals surface area contributed by atoms with E-state index in [0.717, 1.165) is 0 Å². The lowest BCUT2D eigenvalue weighted by Gasteiger charge is -2.53. The van der Waals surface area contributed by atoms with Crippen LogP contribution in [-0.4, -0.2) is 35.0 Å². The Hall–Kier alpha value is -1.06. The zero-order valence-electron chi connectivity index (χ0n) is 6.04. The van der Waals surface area contributed by atoms with Crippen molar-refractivity contribution in [2.45, 2.75) is 12.8 Å². The summed E-state index contributed by atoms with van der Waals surface area (Å²) in [5, 5.41) is 8.49. The molecule has 60 valence electrons. The van der Waals surface area contributed by atoms with Gasteiger partial charge in [0.2, 0.25) is 0 Å². The molecule has 1 saturated heterocycles. The molecule has 2 rings (SSSR count). The first-order valence-electron chi connectivity index (χ1n) is 3.61. The second-order valence-corrected chi connectivity index (χ2v) is 3.53. The van der Waals surface area contributed by atoms with E-state index < -0.39 is 6.09 Å². The van der Waals surface area contributed by atoms with Crippen molar-refractivity contribution in [1.29, 1.82) is 0 Å². The van der Waals surface area contributed by atoms with Gasteiger partial charge in [-0.2, -0.15) is 0 Å². The molecule has 4 nitrogen and oxygen atoms in total. The van der Waals surface area contributed by atoms with Crippen molar-refractivity contribution < 1.29 is 14.7 Å². The number of carbonyl (C=O) groups excluding carboxylic acids is 1. The summed E-state index contributed by atoms with van der Waals surface area (Å²) < 4.78 is 0. The summed E-state index contributed by atoms with van der Waals surface area (Å²) in [6.07, 6.45) is 0.322. The molecule has 1 aliphatic heterocycles. The fourth-order valence-corrected chi connectivity index (χ4v) is 1.91. The molecule has 4 heteroatoms. The maximum Gasteiger partial charge on any atom is 0.407 e. The molecule has 1 aliphatic carbocycles. The smallest absolute Gasteiger partial charge is 0.407 e. The van der Waals surface area contributed by atoms with Crippen LogP contribution in [0, 0.1) is 5.41 Å². The second-order valence-electron chi connectivity index (χ2n) is 3.53. The normalized spacial score (nSPS) is 26.2. The Balaban J connectivity index is 1.89. The van der Waals surface area contributed by atoms with Gasteiger partial charge in [0.1, 0.15) is 5.78 Å². The molecule has 0 bridgehead atoms. The Morgan fingerprint density at radius 2 is 2.00 bits per heavy atom. The average Bonchev–Trinajstić information content (AvgIpc) is 1.73. The largest absolute Gasteiger partial charge is 0.465 e. The Morgan fingerprint density at radius 1 is 1.45 bits per heavy atom. The molecule has 2 fully saturated rings. The summed E-state index contributed by atoms with van der Waals surface area (Å²) in [6.45, 7) is 1.13. The van der Waals surface area contributed by atoms with Crippen LogP contribution in [0.3, 0.4) is 0 Å². The molecule has 0 atom stereocenters. The van der Waals surface area contributed by atoms with Gasteiger partial charge >= 0.3 is 6.09 Å². The van der Waals surface area contributed by atoms with Gasteiger partial charge in [0.25, 0.3) is 0 Å². The molecule has 0 aromatic rings. The summed E-state index contributed by atoms with van der Waals surface area (Å²) in [7, 11) is 0. The number of Topliss-reactive ketones (excluding diaryl/α,β-unsaturated/α-hetero) is 1. The molecule has 1 spiro atoms. The lowest BCUT2D eigenvalue weighted by molar-refractivity contribution is -0.142. The summed E-state index contributed by atoms with van der Waals surface area (Å²) in [5.41, 5.74) is 0.0650. The van der Waals surface area contributed by atoms with Crippen LogP contribution < -0.4 is 0 Å². The first-order valence-corrected chi connectivity index (χ1v) is 3.61. The summed E-state index contributed by atoms with van der Waals surface area (Å²) in [4.78, 5) is 22.3. The van der Waals surface area contributed by atoms with Crippen molar-refractivity contribution in [2.24, 2.45) is 5.41 Å². The fourth-order valence-electron chi connectivity index (χ4n) is 1.91. The number of amides is 1. The second kappa shape index (κ2) is 1.75. The van der Waals surface area contributed by atoms with Gasteiger partial charge in [0, 0.05) is 31.3 Å². The van der Waals surface area contributed by atoms with E-state index in [4.69, 9.17) is 5.11 Å². The quantitative estimate of drug-likeness (QED) is 0.548. The van der Waals surface area contributed by atoms with Crippen molar-refractivity contribution in [2.75, 3.05) is 13.1 Å². The zero-order valence-corrected chi connectivity index (χ0v) is 6.04. The predicted octanol–water partition coefficient (Wildman–Crippen LogP) is 0.329. The van der Waals surface area contributed by atoms with Crippen LogP contribution in [0.15, 0.2) is 0 Å². The number of carbonyl (C=O) groups is 2. The Morgan fingerprint density at radius 3 is 2.36 bits per heavy atom. The van der Waals surface area contributed by atoms with Crippen molar-refractivity contribution in [3.63, 3.8) is 0 Å². The first-order chi connectivity index (χ1) is 5.11. The van der Waals surface area contributed by atoms with E-state index in [2.05, 4.69) is 0 Å². The minimum atomic E-state index is -0.866. The van der Waals surface area contributed by atoms with Gasteiger partial charge in [-0.1, -0.05) is 0 Å². The van der Waals surface area contributed by atoms with Crippen molar-refractivity contribution >= 4 is 11.9 Å². The summed E-state index contributed by atoms with van der Waals surface area (Å²) in [6, 6.07) is 0. The Kier molecular flexibility index (Phi) is 1.06. The molecule has 1 heterocycles. The van der Waals surface area contributed by atoms with E-state index in [1.807, 2.05) is 0 Å². The van der Waals surface area contributed by atoms with Crippen LogP contribution in [0.5, 0.6) is 0 Å². The maximum absolute atomic E-state index is 10.6. The number of carboxylic acid groups (broad SMARTS) is 1. The number of likely N-dealkylation sites (tertiary alicyclic amines) is 1. The van der Waals surface area contributed by atoms with E-state index in [1.165, 1.54) is 4.90 Å². The first kappa shape index (κ1) is 6.64. The minimum absolute atomic E-state index is 0.0650. The van der Waals surface area contributed by atoms with Crippen molar-refractivity contribution in [3.05, 3.63) is 0 Å². The number of rotatable bonds is 0. The fraction of sp³-hybridized carbons (Fsp3) is 0.714. The highest BCUT2D eigenvalue weighted by atomic mass is 16.4. The van der Waals surface area contributed by atoms with E-state index in [0.29, 0.717) is 25.9 Å². The standard InChI is InChI=1S/C7H9NO3/c9-5-1-7(2-5)3-8(4-7)6(10)11/h1-4H2,(H,10,11). The summed E-state index contributed by atoms with van der Waals surface area (Å²) >= 11 is 0. The predicted molar refractivity (Wildman–Crippen MR) is 36.3 cm³/mol. The number of nitrogens with zero attached hydrogens (tertiary/aromatic N) is 1. The van der Waals surface area contributed by atoms with Crippen LogP contribution in [0.1, 0.15) is 12.8 Å². The maximum atomic E-state index is 10.6. The number of hydrogen-bond donors (Lipinski definition) is 1. The lowest BCUT2D eigenvalue weighted by Crippen LogP contribution is -2.63. The molecular formula is C7H9NO3. The van der Waals surface area contributed by atoms with Gasteiger partial charge in [0.05, 0.1) is 0 Å². The third-order valence-corrected chi connectivity index (χ3v) is 2.47. The molecule has 1 amide bonds. The summed E-state index contributed by atoms with van der Waals surface area (Å²) in [5.74, 6) is 0.273. The highest BCUT2D eigenvalue weighted by molar-refractivity contribution is 5.87. The van der Waals surface area contributed by atoms with E-state index in [-0.39, 0.29) is 11.2 Å². The van der Waals surface area contributed by atoms with Crippen LogP contribution >= 0.6 is 0 Å². The highest BCUT2D eigenvalue weighted by Crippen LogP contribution is 2.45. The topological polar surface area (TPSA) is 57.6 Å². The van der Waals surface area contributed by atoms with Crippen LogP contribution in [0.25, 0.3) is 0 Å². The molecule has 0 radical (unpaired) electrons. The Labute approximate surface area is 63.8 Å². The molecule has 0 aromatic heterocycles. The number of ketones is 1. The third kappa shape index (κ3) is 0.818. The van der Waals surface area contributed by atoms with Crippen LogP contribution in [-0.2, 0) is 4.79 Å². The van der Waals surface area contributed by atoms with E-state index in [1.54, 1.807) is 0 Å². The molecule has 1 saturated carbocycles. The van der Waals surface area contributed by atoms with Gasteiger partial charge in [-0.25, -0.2) is 4.79 Å². The average molecular weight is 155 g/mol. The van der Waals surface area contributed by atoms with Gasteiger partial charge < -0.3 is 10.0 Å². The molecular weight excluding hydrogens is 146 g/mol. The van der Waals surface area contributed by atoms with Gasteiger partial charge in [0.15, 0.2) is 0 Å². The molecule has 0 unspecified atom stereocenters. The number of hydrogen-bond acceptors (Lipinski definition) is 2. The highest BCUT2D eigenvalue weighted by Gasteiger charge is 2.53. The van der Waals surface area contributed by atoms with Crippen molar-refractivity contribution in [1.82, 2.24) is 4.90 Å². The van der Waals surface area contributed by atoms with Crippen LogP contribution in [0.2, 0.25) is 0 Å². The lowest BCUT2D eigenvalue weighted by atomic mass is 9.63. The van der Waals surface area contributed by atoms with E-state index >= 15 is 0 Å². The van der Waals surface area contributed by atoms with Gasteiger partial charge in [-0.05, 0) is 0 Å². The molecule has 0 aromatic carbocycles. The SMILES string of the molecule is O=C1CC2(C1)CN(C(=O)O)C2.